The number of benzene rings is 2. The largest absolute Gasteiger partial charge is 0.336 e. The zero-order chi connectivity index (χ0) is 18.1. The van der Waals surface area contributed by atoms with Gasteiger partial charge >= 0.3 is 6.03 Å². The summed E-state index contributed by atoms with van der Waals surface area (Å²) in [4.78, 5) is 30.4. The van der Waals surface area contributed by atoms with Crippen LogP contribution in [-0.2, 0) is 4.79 Å². The Morgan fingerprint density at radius 3 is 2.62 bits per heavy atom. The fourth-order valence-electron chi connectivity index (χ4n) is 3.02. The fraction of sp³-hybridized carbons (Fsp3) is 0.211. The number of imidazole rings is 1. The van der Waals surface area contributed by atoms with Crippen LogP contribution in [0.5, 0.6) is 0 Å². The number of carbonyl (C=O) groups is 2. The summed E-state index contributed by atoms with van der Waals surface area (Å²) in [6, 6.07) is 17.5. The Kier molecular flexibility index (Phi) is 4.38. The topological polar surface area (TPSA) is 67.2 Å². The number of fused-ring (bicyclic) bond motifs is 1. The summed E-state index contributed by atoms with van der Waals surface area (Å²) in [6.45, 7) is 2.73. The molecule has 2 heterocycles. The molecule has 26 heavy (non-hydrogen) atoms. The maximum Gasteiger partial charge on any atom is 0.324 e. The van der Waals surface area contributed by atoms with E-state index >= 15 is 0 Å². The number of hydrogen-bond donors (Lipinski definition) is 1. The molecule has 1 saturated heterocycles. The Balaban J connectivity index is 1.70. The van der Waals surface area contributed by atoms with E-state index in [1.165, 1.54) is 16.7 Å². The Labute approximate surface area is 155 Å². The van der Waals surface area contributed by atoms with Gasteiger partial charge in [-0.25, -0.2) is 9.78 Å². The van der Waals surface area contributed by atoms with E-state index < -0.39 is 5.25 Å². The first-order valence-corrected chi connectivity index (χ1v) is 9.32. The minimum Gasteiger partial charge on any atom is -0.336 e. The van der Waals surface area contributed by atoms with Crippen molar-refractivity contribution in [2.24, 2.45) is 0 Å². The number of carbonyl (C=O) groups excluding carboxylic acids is 2. The molecular formula is C19H18N4O2S. The average molecular weight is 366 g/mol. The molecule has 1 fully saturated rings. The molecule has 0 saturated carbocycles. The smallest absolute Gasteiger partial charge is 0.324 e. The van der Waals surface area contributed by atoms with Crippen molar-refractivity contribution in [3.8, 4) is 5.69 Å². The summed E-state index contributed by atoms with van der Waals surface area (Å²) in [5.74, 6) is -0.198. The van der Waals surface area contributed by atoms with E-state index in [1.807, 2.05) is 66.1 Å². The van der Waals surface area contributed by atoms with E-state index in [4.69, 9.17) is 4.98 Å². The second kappa shape index (κ2) is 6.84. The molecule has 3 amide bonds. The van der Waals surface area contributed by atoms with Crippen LogP contribution in [0.25, 0.3) is 16.7 Å². The lowest BCUT2D eigenvalue weighted by molar-refractivity contribution is -0.126. The highest BCUT2D eigenvalue weighted by Crippen LogP contribution is 2.31. The molecule has 1 aromatic heterocycles. The number of nitrogens with zero attached hydrogens (tertiary/aromatic N) is 3. The monoisotopic (exact) mass is 366 g/mol. The van der Waals surface area contributed by atoms with Gasteiger partial charge in [-0.05, 0) is 31.2 Å². The Hall–Kier alpha value is -2.80. The molecule has 1 atom stereocenters. The first kappa shape index (κ1) is 16.7. The minimum absolute atomic E-state index is 0.198. The van der Waals surface area contributed by atoms with Crippen molar-refractivity contribution in [3.63, 3.8) is 0 Å². The van der Waals surface area contributed by atoms with Crippen LogP contribution in [0.15, 0.2) is 59.8 Å². The van der Waals surface area contributed by atoms with Crippen LogP contribution in [0.4, 0.5) is 4.79 Å². The zero-order valence-electron chi connectivity index (χ0n) is 14.3. The third-order valence-electron chi connectivity index (χ3n) is 4.30. The van der Waals surface area contributed by atoms with Crippen molar-refractivity contribution in [3.05, 3.63) is 54.6 Å². The van der Waals surface area contributed by atoms with Gasteiger partial charge in [-0.15, -0.1) is 0 Å². The van der Waals surface area contributed by atoms with E-state index in [2.05, 4.69) is 5.32 Å². The normalized spacial score (nSPS) is 15.3. The van der Waals surface area contributed by atoms with E-state index in [9.17, 15) is 9.59 Å². The molecule has 132 valence electrons. The second-order valence-corrected chi connectivity index (χ2v) is 7.34. The number of rotatable bonds is 4. The lowest BCUT2D eigenvalue weighted by Crippen LogP contribution is -2.39. The molecule has 3 aromatic rings. The van der Waals surface area contributed by atoms with Gasteiger partial charge in [0.25, 0.3) is 0 Å². The Bertz CT molecular complexity index is 970. The number of amides is 3. The van der Waals surface area contributed by atoms with Crippen LogP contribution in [-0.4, -0.2) is 44.7 Å². The van der Waals surface area contributed by atoms with Gasteiger partial charge in [-0.3, -0.25) is 14.3 Å². The Morgan fingerprint density at radius 1 is 1.15 bits per heavy atom. The van der Waals surface area contributed by atoms with Crippen LogP contribution in [0, 0.1) is 0 Å². The van der Waals surface area contributed by atoms with Gasteiger partial charge in [0, 0.05) is 18.8 Å². The van der Waals surface area contributed by atoms with Gasteiger partial charge in [-0.2, -0.15) is 0 Å². The van der Waals surface area contributed by atoms with Crippen LogP contribution < -0.4 is 5.32 Å². The molecule has 4 rings (SSSR count). The lowest BCUT2D eigenvalue weighted by Gasteiger charge is -2.17. The van der Waals surface area contributed by atoms with Crippen molar-refractivity contribution in [1.29, 1.82) is 0 Å². The van der Waals surface area contributed by atoms with Crippen molar-refractivity contribution < 1.29 is 9.59 Å². The fourth-order valence-corrected chi connectivity index (χ4v) is 4.02. The van der Waals surface area contributed by atoms with E-state index in [0.29, 0.717) is 13.1 Å². The van der Waals surface area contributed by atoms with Crippen molar-refractivity contribution in [2.75, 3.05) is 13.1 Å². The minimum atomic E-state index is -0.418. The number of imide groups is 1. The third kappa shape index (κ3) is 2.94. The van der Waals surface area contributed by atoms with Crippen LogP contribution >= 0.6 is 11.8 Å². The molecule has 2 aromatic carbocycles. The molecule has 0 radical (unpaired) electrons. The molecule has 1 aliphatic heterocycles. The number of nitrogens with one attached hydrogen (secondary N) is 1. The predicted molar refractivity (Wildman–Crippen MR) is 102 cm³/mol. The molecule has 7 heteroatoms. The van der Waals surface area contributed by atoms with Crippen LogP contribution in [0.1, 0.15) is 6.92 Å². The maximum atomic E-state index is 12.6. The summed E-state index contributed by atoms with van der Waals surface area (Å²) in [5.41, 5.74) is 2.85. The molecule has 1 aliphatic rings. The summed E-state index contributed by atoms with van der Waals surface area (Å²) in [6.07, 6.45) is 0. The molecule has 1 unspecified atom stereocenters. The molecule has 0 spiro atoms. The Morgan fingerprint density at radius 2 is 1.88 bits per heavy atom. The first-order valence-electron chi connectivity index (χ1n) is 8.44. The van der Waals surface area contributed by atoms with Crippen LogP contribution in [0.2, 0.25) is 0 Å². The van der Waals surface area contributed by atoms with E-state index in [0.717, 1.165) is 21.9 Å². The predicted octanol–water partition coefficient (Wildman–Crippen LogP) is 3.06. The van der Waals surface area contributed by atoms with Gasteiger partial charge in [0.1, 0.15) is 0 Å². The van der Waals surface area contributed by atoms with Gasteiger partial charge in [-0.1, -0.05) is 42.1 Å². The summed E-state index contributed by atoms with van der Waals surface area (Å²) in [5, 5.41) is 2.98. The molecule has 0 bridgehead atoms. The highest BCUT2D eigenvalue weighted by Gasteiger charge is 2.31. The van der Waals surface area contributed by atoms with E-state index in [-0.39, 0.29) is 11.9 Å². The van der Waals surface area contributed by atoms with Gasteiger partial charge in [0.05, 0.1) is 16.3 Å². The number of urea groups is 1. The zero-order valence-corrected chi connectivity index (χ0v) is 15.1. The van der Waals surface area contributed by atoms with Gasteiger partial charge < -0.3 is 5.32 Å². The molecule has 0 aliphatic carbocycles. The van der Waals surface area contributed by atoms with Gasteiger partial charge in [0.15, 0.2) is 5.16 Å². The number of para-hydroxylation sites is 3. The van der Waals surface area contributed by atoms with Gasteiger partial charge in [0.2, 0.25) is 5.91 Å². The number of thioether (sulfide) groups is 1. The molecular weight excluding hydrogens is 348 g/mol. The molecule has 6 nitrogen and oxygen atoms in total. The molecule has 1 N–H and O–H groups in total. The van der Waals surface area contributed by atoms with Crippen molar-refractivity contribution in [2.45, 2.75) is 17.3 Å². The first-order chi connectivity index (χ1) is 12.6. The summed E-state index contributed by atoms with van der Waals surface area (Å²) >= 11 is 1.37. The van der Waals surface area contributed by atoms with Crippen molar-refractivity contribution >= 4 is 34.7 Å². The third-order valence-corrected chi connectivity index (χ3v) is 5.34. The summed E-state index contributed by atoms with van der Waals surface area (Å²) < 4.78 is 2.05. The number of aromatic nitrogens is 2. The SMILES string of the molecule is CC(Sc1nc2ccccc2n1-c1ccccc1)C(=O)N1CCNC1=O. The average Bonchev–Trinajstić information content (AvgIpc) is 3.24. The second-order valence-electron chi connectivity index (χ2n) is 6.04. The quantitative estimate of drug-likeness (QED) is 0.721. The number of hydrogen-bond acceptors (Lipinski definition) is 4. The highest BCUT2D eigenvalue weighted by atomic mass is 32.2. The summed E-state index contributed by atoms with van der Waals surface area (Å²) in [7, 11) is 0. The maximum absolute atomic E-state index is 12.6. The van der Waals surface area contributed by atoms with Crippen LogP contribution in [0.3, 0.4) is 0 Å². The highest BCUT2D eigenvalue weighted by molar-refractivity contribution is 8.00. The lowest BCUT2D eigenvalue weighted by atomic mass is 10.3. The standard InChI is InChI=1S/C19H18N4O2S/c1-13(17(24)22-12-11-20-18(22)25)26-19-21-15-9-5-6-10-16(15)23(19)14-7-3-2-4-8-14/h2-10,13H,11-12H2,1H3,(H,20,25). The van der Waals surface area contributed by atoms with E-state index in [1.54, 1.807) is 0 Å². The van der Waals surface area contributed by atoms with Crippen molar-refractivity contribution in [1.82, 2.24) is 19.8 Å².